The predicted molar refractivity (Wildman–Crippen MR) is 130 cm³/mol. The topological polar surface area (TPSA) is 95.4 Å². The van der Waals surface area contributed by atoms with Gasteiger partial charge in [0.2, 0.25) is 12.1 Å². The molecule has 0 aliphatic heterocycles. The molecule has 3 aromatic carbocycles. The number of Topliss-reactive ketones (excluding diaryl/α,β-unsaturated/α-hetero) is 1. The van der Waals surface area contributed by atoms with Gasteiger partial charge in [-0.15, -0.1) is 0 Å². The summed E-state index contributed by atoms with van der Waals surface area (Å²) < 4.78 is 33.3. The van der Waals surface area contributed by atoms with E-state index >= 15 is 0 Å². The van der Waals surface area contributed by atoms with Crippen LogP contribution in [0.1, 0.15) is 21.5 Å². The molecule has 0 unspecified atom stereocenters. The van der Waals surface area contributed by atoms with Crippen LogP contribution < -0.4 is 9.67 Å². The Hall–Kier alpha value is -4.01. The highest BCUT2D eigenvalue weighted by atomic mass is 35.5. The van der Waals surface area contributed by atoms with Crippen molar-refractivity contribution in [3.63, 3.8) is 0 Å². The van der Waals surface area contributed by atoms with E-state index in [1.54, 1.807) is 36.9 Å². The van der Waals surface area contributed by atoms with Gasteiger partial charge in [0.15, 0.2) is 11.4 Å². The van der Waals surface area contributed by atoms with E-state index in [0.717, 1.165) is 5.56 Å². The van der Waals surface area contributed by atoms with Crippen LogP contribution in [0.3, 0.4) is 0 Å². The number of halogens is 1. The fourth-order valence-corrected chi connectivity index (χ4v) is 4.99. The fraction of sp³-hybridized carbons (Fsp3) is 0.0385. The molecule has 9 heteroatoms. The van der Waals surface area contributed by atoms with Gasteiger partial charge in [-0.1, -0.05) is 66.2 Å². The summed E-state index contributed by atoms with van der Waals surface area (Å²) in [5, 5.41) is 13.9. The van der Waals surface area contributed by atoms with Gasteiger partial charge in [0.1, 0.15) is 18.9 Å². The number of imidazole rings is 1. The number of hydrogen-bond donors (Lipinski definition) is 0. The van der Waals surface area contributed by atoms with Crippen molar-refractivity contribution in [2.45, 2.75) is 11.4 Å². The molecule has 0 spiro atoms. The quantitative estimate of drug-likeness (QED) is 0.391. The Morgan fingerprint density at radius 1 is 0.914 bits per heavy atom. The number of benzene rings is 3. The molecule has 1 aliphatic rings. The molecule has 0 amide bonds. The number of ketones is 1. The molecular formula is C26H18ClN3O4S. The predicted octanol–water partition coefficient (Wildman–Crippen LogP) is 3.19. The third kappa shape index (κ3) is 4.41. The molecule has 1 aromatic heterocycles. The van der Waals surface area contributed by atoms with Crippen molar-refractivity contribution in [1.29, 1.82) is 0 Å². The number of carbonyl (C=O) groups is 1. The summed E-state index contributed by atoms with van der Waals surface area (Å²) in [7, 11) is -4.30. The third-order valence-corrected chi connectivity index (χ3v) is 7.09. The highest BCUT2D eigenvalue weighted by Crippen LogP contribution is 2.30. The highest BCUT2D eigenvalue weighted by molar-refractivity contribution is 7.90. The smallest absolute Gasteiger partial charge is 0.283 e. The van der Waals surface area contributed by atoms with E-state index in [1.807, 2.05) is 34.9 Å². The number of nitrogens with zero attached hydrogens (tertiary/aromatic N) is 3. The molecule has 4 aromatic rings. The Labute approximate surface area is 206 Å². The van der Waals surface area contributed by atoms with Crippen LogP contribution in [0.15, 0.2) is 107 Å². The van der Waals surface area contributed by atoms with Gasteiger partial charge in [0.05, 0.1) is 4.90 Å². The molecule has 0 bridgehead atoms. The van der Waals surface area contributed by atoms with E-state index < -0.39 is 27.3 Å². The summed E-state index contributed by atoms with van der Waals surface area (Å²) in [6, 6.07) is 21.4. The largest absolute Gasteiger partial charge is 0.869 e. The van der Waals surface area contributed by atoms with Gasteiger partial charge >= 0.3 is 0 Å². The van der Waals surface area contributed by atoms with E-state index in [1.165, 1.54) is 34.9 Å². The zero-order chi connectivity index (χ0) is 24.6. The summed E-state index contributed by atoms with van der Waals surface area (Å²) in [4.78, 5) is 13.3. The normalized spacial score (nSPS) is 14.9. The van der Waals surface area contributed by atoms with Crippen LogP contribution in [0.4, 0.5) is 0 Å². The fourth-order valence-electron chi connectivity index (χ4n) is 3.87. The molecule has 0 radical (unpaired) electrons. The first-order valence-corrected chi connectivity index (χ1v) is 12.4. The minimum atomic E-state index is -4.30. The number of hydrogen-bond acceptors (Lipinski definition) is 4. The number of aromatic nitrogens is 2. The van der Waals surface area contributed by atoms with Crippen molar-refractivity contribution in [3.8, 4) is 0 Å². The van der Waals surface area contributed by atoms with Gasteiger partial charge in [0.25, 0.3) is 10.0 Å². The molecule has 1 aliphatic carbocycles. The van der Waals surface area contributed by atoms with Crippen molar-refractivity contribution < 1.29 is 22.9 Å². The minimum absolute atomic E-state index is 0.107. The Bertz CT molecular complexity index is 1610. The first-order valence-electron chi connectivity index (χ1n) is 10.6. The molecular weight excluding hydrogens is 486 g/mol. The molecule has 0 saturated heterocycles. The molecule has 1 heterocycles. The van der Waals surface area contributed by atoms with Crippen molar-refractivity contribution in [1.82, 2.24) is 4.57 Å². The van der Waals surface area contributed by atoms with Gasteiger partial charge < -0.3 is 5.11 Å². The molecule has 7 nitrogen and oxygen atoms in total. The molecule has 174 valence electrons. The summed E-state index contributed by atoms with van der Waals surface area (Å²) in [6.45, 7) is 0.523. The van der Waals surface area contributed by atoms with Crippen molar-refractivity contribution in [2.24, 2.45) is 4.40 Å². The lowest BCUT2D eigenvalue weighted by atomic mass is 9.91. The standard InChI is InChI=1S/C26H18ClN3O4S/c27-19-10-12-20(13-11-19)35(33,34)28-23-24(26(32)22-9-5-4-8-21(22)25(23)31)30-15-14-29(17-30)16-18-6-2-1-3-7-18/h1-15,17H,16H2. The lowest BCUT2D eigenvalue weighted by Gasteiger charge is -2.24. The van der Waals surface area contributed by atoms with Crippen LogP contribution in [0.25, 0.3) is 11.5 Å². The lowest BCUT2D eigenvalue weighted by Crippen LogP contribution is -2.33. The van der Waals surface area contributed by atoms with Crippen LogP contribution in [-0.2, 0) is 16.6 Å². The van der Waals surface area contributed by atoms with Crippen LogP contribution in [0.5, 0.6) is 0 Å². The number of rotatable bonds is 5. The van der Waals surface area contributed by atoms with E-state index in [4.69, 9.17) is 11.6 Å². The van der Waals surface area contributed by atoms with Gasteiger partial charge in [-0.2, -0.15) is 12.8 Å². The highest BCUT2D eigenvalue weighted by Gasteiger charge is 2.33. The Balaban J connectivity index is 1.65. The van der Waals surface area contributed by atoms with Crippen LogP contribution in [-0.4, -0.2) is 24.5 Å². The lowest BCUT2D eigenvalue weighted by molar-refractivity contribution is -0.687. The molecule has 0 saturated carbocycles. The van der Waals surface area contributed by atoms with Crippen LogP contribution in [0, 0.1) is 0 Å². The second-order valence-corrected chi connectivity index (χ2v) is 9.94. The monoisotopic (exact) mass is 503 g/mol. The van der Waals surface area contributed by atoms with Gasteiger partial charge in [0, 0.05) is 10.6 Å². The van der Waals surface area contributed by atoms with Gasteiger partial charge in [-0.05, 0) is 41.2 Å². The number of carbonyl (C=O) groups excluding carboxylic acids is 1. The maximum atomic E-state index is 13.5. The minimum Gasteiger partial charge on any atom is -0.869 e. The van der Waals surface area contributed by atoms with Crippen molar-refractivity contribution in [2.75, 3.05) is 0 Å². The average molecular weight is 504 g/mol. The molecule has 0 N–H and O–H groups in total. The summed E-state index contributed by atoms with van der Waals surface area (Å²) in [5.41, 5.74) is 0.772. The van der Waals surface area contributed by atoms with Crippen molar-refractivity contribution in [3.05, 3.63) is 119 Å². The SMILES string of the molecule is O=C1C(=NS(=O)(=O)c2ccc(Cl)cc2)C(n2cc[n+](Cc3ccccc3)c2)=C([O-])c2ccccc21. The maximum absolute atomic E-state index is 13.5. The number of allylic oxidation sites excluding steroid dienone is 1. The van der Waals surface area contributed by atoms with Gasteiger partial charge in [-0.25, -0.2) is 9.13 Å². The second kappa shape index (κ2) is 8.98. The van der Waals surface area contributed by atoms with E-state index in [-0.39, 0.29) is 21.7 Å². The van der Waals surface area contributed by atoms with E-state index in [0.29, 0.717) is 11.6 Å². The molecule has 0 fully saturated rings. The number of sulfonamides is 1. The first kappa shape index (κ1) is 22.8. The molecule has 0 atom stereocenters. The molecule has 5 rings (SSSR count). The first-order chi connectivity index (χ1) is 16.8. The summed E-state index contributed by atoms with van der Waals surface area (Å²) in [6.07, 6.45) is 4.97. The van der Waals surface area contributed by atoms with Crippen LogP contribution >= 0.6 is 11.6 Å². The zero-order valence-electron chi connectivity index (χ0n) is 18.2. The van der Waals surface area contributed by atoms with E-state index in [9.17, 15) is 18.3 Å². The van der Waals surface area contributed by atoms with Crippen LogP contribution in [0.2, 0.25) is 5.02 Å². The van der Waals surface area contributed by atoms with Crippen molar-refractivity contribution >= 4 is 44.6 Å². The molecule has 35 heavy (non-hydrogen) atoms. The average Bonchev–Trinajstić information content (AvgIpc) is 3.31. The Morgan fingerprint density at radius 3 is 2.29 bits per heavy atom. The third-order valence-electron chi connectivity index (χ3n) is 5.55. The Morgan fingerprint density at radius 2 is 1.57 bits per heavy atom. The maximum Gasteiger partial charge on any atom is 0.283 e. The van der Waals surface area contributed by atoms with E-state index in [2.05, 4.69) is 4.40 Å². The Kier molecular flexibility index (Phi) is 5.84. The summed E-state index contributed by atoms with van der Waals surface area (Å²) in [5.74, 6) is -1.14. The number of fused-ring (bicyclic) bond motifs is 1. The second-order valence-electron chi connectivity index (χ2n) is 7.90. The van der Waals surface area contributed by atoms with Gasteiger partial charge in [-0.3, -0.25) is 4.79 Å². The summed E-state index contributed by atoms with van der Waals surface area (Å²) >= 11 is 5.88. The zero-order valence-corrected chi connectivity index (χ0v) is 19.8.